The number of hydrogen-bond acceptors (Lipinski definition) is 2. The number of thioether (sulfide) groups is 1. The molecule has 0 radical (unpaired) electrons. The predicted octanol–water partition coefficient (Wildman–Crippen LogP) is 16.4. The molecule has 2 aliphatic rings. The number of hydrogen-bond donors (Lipinski definition) is 0. The van der Waals surface area contributed by atoms with Crippen LogP contribution in [0.15, 0.2) is 234 Å². The summed E-state index contributed by atoms with van der Waals surface area (Å²) in [5, 5.41) is 5.06. The van der Waals surface area contributed by atoms with Crippen LogP contribution < -0.4 is 4.90 Å². The molecule has 0 fully saturated rings. The van der Waals surface area contributed by atoms with E-state index in [2.05, 4.69) is 234 Å². The summed E-state index contributed by atoms with van der Waals surface area (Å²) in [5.41, 5.74) is 15.8. The monoisotopic (exact) mass is 796 g/mol. The van der Waals surface area contributed by atoms with Gasteiger partial charge in [0.15, 0.2) is 0 Å². The number of fused-ring (bicyclic) bond motifs is 7. The lowest BCUT2D eigenvalue weighted by Crippen LogP contribution is -2.09. The highest BCUT2D eigenvalue weighted by Gasteiger charge is 2.32. The minimum Gasteiger partial charge on any atom is -0.311 e. The third-order valence-corrected chi connectivity index (χ3v) is 13.8. The molecule has 61 heavy (non-hydrogen) atoms. The maximum atomic E-state index is 2.49. The lowest BCUT2D eigenvalue weighted by Gasteiger charge is -2.26. The van der Waals surface area contributed by atoms with Gasteiger partial charge in [0.2, 0.25) is 0 Å². The van der Waals surface area contributed by atoms with E-state index in [1.54, 1.807) is 0 Å². The summed E-state index contributed by atoms with van der Waals surface area (Å²) < 4.78 is 2.49. The first-order valence-electron chi connectivity index (χ1n) is 21.1. The fourth-order valence-electron chi connectivity index (χ4n) is 9.61. The van der Waals surface area contributed by atoms with Crippen LogP contribution in [-0.2, 0) is 0 Å². The number of nitrogens with zero attached hydrogens (tertiary/aromatic N) is 2. The molecule has 3 heteroatoms. The van der Waals surface area contributed by atoms with Crippen molar-refractivity contribution in [3.05, 3.63) is 235 Å². The second-order valence-electron chi connectivity index (χ2n) is 16.0. The average molecular weight is 797 g/mol. The minimum atomic E-state index is 0.367. The molecular formula is C58H40N2S. The van der Waals surface area contributed by atoms with Crippen molar-refractivity contribution in [1.82, 2.24) is 4.57 Å². The van der Waals surface area contributed by atoms with Crippen molar-refractivity contribution in [2.45, 2.75) is 17.2 Å². The molecule has 0 N–H and O–H groups in total. The summed E-state index contributed by atoms with van der Waals surface area (Å²) in [4.78, 5) is 5.16. The predicted molar refractivity (Wildman–Crippen MR) is 260 cm³/mol. The minimum absolute atomic E-state index is 0.367. The van der Waals surface area contributed by atoms with Crippen molar-refractivity contribution in [3.8, 4) is 39.1 Å². The smallest absolute Gasteiger partial charge is 0.0541 e. The zero-order chi connectivity index (χ0) is 40.3. The number of allylic oxidation sites excluding steroid dienone is 4. The van der Waals surface area contributed by atoms with Crippen molar-refractivity contribution >= 4 is 61.4 Å². The average Bonchev–Trinajstić information content (AvgIpc) is 3.88. The molecule has 0 bridgehead atoms. The van der Waals surface area contributed by atoms with Crippen molar-refractivity contribution in [2.75, 3.05) is 4.90 Å². The fraction of sp³-hybridized carbons (Fsp3) is 0.0345. The zero-order valence-electron chi connectivity index (χ0n) is 33.4. The third kappa shape index (κ3) is 6.12. The van der Waals surface area contributed by atoms with Crippen LogP contribution in [0.3, 0.4) is 0 Å². The number of rotatable bonds is 7. The Hall–Kier alpha value is -7.33. The van der Waals surface area contributed by atoms with Crippen molar-refractivity contribution in [2.24, 2.45) is 0 Å². The summed E-state index contributed by atoms with van der Waals surface area (Å²) >= 11 is 1.95. The second kappa shape index (κ2) is 14.7. The van der Waals surface area contributed by atoms with Crippen LogP contribution in [-0.4, -0.2) is 4.57 Å². The van der Waals surface area contributed by atoms with Gasteiger partial charge in [-0.2, -0.15) is 0 Å². The van der Waals surface area contributed by atoms with Gasteiger partial charge in [-0.15, -0.1) is 0 Å². The summed E-state index contributed by atoms with van der Waals surface area (Å²) in [7, 11) is 0. The molecule has 12 rings (SSSR count). The van der Waals surface area contributed by atoms with E-state index in [1.807, 2.05) is 11.8 Å². The van der Waals surface area contributed by atoms with Gasteiger partial charge in [-0.3, -0.25) is 0 Å². The Bertz CT molecular complexity index is 3340. The van der Waals surface area contributed by atoms with Crippen molar-refractivity contribution in [1.29, 1.82) is 0 Å². The second-order valence-corrected chi connectivity index (χ2v) is 17.1. The topological polar surface area (TPSA) is 8.17 Å². The van der Waals surface area contributed by atoms with Crippen LogP contribution in [0.25, 0.3) is 71.6 Å². The van der Waals surface area contributed by atoms with E-state index in [0.29, 0.717) is 5.92 Å². The lowest BCUT2D eigenvalue weighted by atomic mass is 9.89. The molecule has 1 aromatic heterocycles. The Morgan fingerprint density at radius 3 is 1.87 bits per heavy atom. The molecule has 0 saturated heterocycles. The molecule has 0 spiro atoms. The molecule has 2 nitrogen and oxygen atoms in total. The maximum Gasteiger partial charge on any atom is 0.0541 e. The van der Waals surface area contributed by atoms with Gasteiger partial charge in [-0.25, -0.2) is 0 Å². The van der Waals surface area contributed by atoms with Gasteiger partial charge >= 0.3 is 0 Å². The highest BCUT2D eigenvalue weighted by molar-refractivity contribution is 8.03. The molecule has 1 unspecified atom stereocenters. The molecule has 1 atom stereocenters. The normalized spacial score (nSPS) is 14.3. The quantitative estimate of drug-likeness (QED) is 0.159. The maximum absolute atomic E-state index is 2.49. The summed E-state index contributed by atoms with van der Waals surface area (Å²) in [6.07, 6.45) is 7.89. The fourth-order valence-corrected chi connectivity index (χ4v) is 11.0. The molecule has 10 aromatic rings. The van der Waals surface area contributed by atoms with E-state index >= 15 is 0 Å². The van der Waals surface area contributed by atoms with Gasteiger partial charge < -0.3 is 9.47 Å². The number of para-hydroxylation sites is 2. The SMILES string of the molecule is C1=CCC2C(=C1)Sc1c(-c3ccc(N(c4ccccc4)c4ccc(-c5cccc6ccccc56)cc4)cc3)cc(-n3c4ccccc4c4cc(-c5ccccc5)ccc43)cc12. The summed E-state index contributed by atoms with van der Waals surface area (Å²) in [6.45, 7) is 0. The van der Waals surface area contributed by atoms with Crippen LogP contribution in [0.4, 0.5) is 17.1 Å². The number of anilines is 3. The van der Waals surface area contributed by atoms with Crippen LogP contribution >= 0.6 is 11.8 Å². The summed E-state index contributed by atoms with van der Waals surface area (Å²) in [5.74, 6) is 0.367. The molecule has 1 aliphatic heterocycles. The standard InChI is InChI=1S/C58H40N2S/c1-3-14-39(15-4-1)43-30-35-56-53(36-43)50-21-9-11-24-55(50)60(56)47-37-52(58-54(38-47)51-22-10-12-25-57(51)61-58)42-28-33-46(34-29-42)59(44-18-5-2-6-19-44)45-31-26-41(27-32-45)49-23-13-17-40-16-7-8-20-48(40)49/h1-21,23-38,51H,22H2. The van der Waals surface area contributed by atoms with E-state index < -0.39 is 0 Å². The van der Waals surface area contributed by atoms with Crippen molar-refractivity contribution < 1.29 is 0 Å². The Morgan fingerprint density at radius 2 is 1.08 bits per heavy atom. The molecule has 1 aliphatic carbocycles. The molecular weight excluding hydrogens is 757 g/mol. The Kier molecular flexibility index (Phi) is 8.60. The zero-order valence-corrected chi connectivity index (χ0v) is 34.3. The van der Waals surface area contributed by atoms with Gasteiger partial charge in [0.1, 0.15) is 0 Å². The van der Waals surface area contributed by atoms with E-state index in [-0.39, 0.29) is 0 Å². The molecule has 0 saturated carbocycles. The van der Waals surface area contributed by atoms with Gasteiger partial charge in [0, 0.05) is 44.3 Å². The van der Waals surface area contributed by atoms with Gasteiger partial charge in [-0.05, 0) is 128 Å². The molecule has 288 valence electrons. The van der Waals surface area contributed by atoms with E-state index in [9.17, 15) is 0 Å². The van der Waals surface area contributed by atoms with Gasteiger partial charge in [0.05, 0.1) is 11.0 Å². The molecule has 2 heterocycles. The highest BCUT2D eigenvalue weighted by Crippen LogP contribution is 2.56. The third-order valence-electron chi connectivity index (χ3n) is 12.5. The van der Waals surface area contributed by atoms with Crippen LogP contribution in [0.1, 0.15) is 17.9 Å². The number of benzene rings is 9. The lowest BCUT2D eigenvalue weighted by molar-refractivity contribution is 0.836. The Morgan fingerprint density at radius 1 is 0.459 bits per heavy atom. The summed E-state index contributed by atoms with van der Waals surface area (Å²) in [6, 6.07) is 75.6. The highest BCUT2D eigenvalue weighted by atomic mass is 32.2. The first-order chi connectivity index (χ1) is 30.2. The molecule has 9 aromatic carbocycles. The first-order valence-corrected chi connectivity index (χ1v) is 21.9. The van der Waals surface area contributed by atoms with Crippen LogP contribution in [0.2, 0.25) is 0 Å². The number of aromatic nitrogens is 1. The van der Waals surface area contributed by atoms with Crippen LogP contribution in [0, 0.1) is 0 Å². The van der Waals surface area contributed by atoms with Gasteiger partial charge in [-0.1, -0.05) is 170 Å². The van der Waals surface area contributed by atoms with Crippen LogP contribution in [0.5, 0.6) is 0 Å². The molecule has 0 amide bonds. The van der Waals surface area contributed by atoms with E-state index in [4.69, 9.17) is 0 Å². The van der Waals surface area contributed by atoms with Gasteiger partial charge in [0.25, 0.3) is 0 Å². The van der Waals surface area contributed by atoms with E-state index in [0.717, 1.165) is 23.5 Å². The first kappa shape index (κ1) is 35.6. The largest absolute Gasteiger partial charge is 0.311 e. The van der Waals surface area contributed by atoms with E-state index in [1.165, 1.54) is 87.0 Å². The Balaban J connectivity index is 0.975. The van der Waals surface area contributed by atoms with Crippen molar-refractivity contribution in [3.63, 3.8) is 0 Å². The Labute approximate surface area is 360 Å².